The molecule has 2 aliphatic rings. The molecule has 1 unspecified atom stereocenters. The number of nitrogens with zero attached hydrogens (tertiary/aromatic N) is 1. The maximum absolute atomic E-state index is 12.5. The summed E-state index contributed by atoms with van der Waals surface area (Å²) in [6.07, 6.45) is 17.9. The molecule has 1 amide bonds. The maximum atomic E-state index is 12.5. The quantitative estimate of drug-likeness (QED) is 0.196. The molecule has 4 atom stereocenters. The van der Waals surface area contributed by atoms with E-state index in [0.717, 1.165) is 19.3 Å². The zero-order chi connectivity index (χ0) is 25.0. The second-order valence-electron chi connectivity index (χ2n) is 10.0. The van der Waals surface area contributed by atoms with Crippen LogP contribution in [0.15, 0.2) is 12.2 Å². The third-order valence-corrected chi connectivity index (χ3v) is 7.27. The molecule has 2 heterocycles. The van der Waals surface area contributed by atoms with Gasteiger partial charge in [0.2, 0.25) is 5.91 Å². The number of hydrogen-bond donors (Lipinski definition) is 1. The van der Waals surface area contributed by atoms with Crippen molar-refractivity contribution >= 4 is 17.8 Å². The number of ether oxygens (including phenoxy) is 2. The van der Waals surface area contributed by atoms with Crippen molar-refractivity contribution in [2.75, 3.05) is 13.7 Å². The first-order valence-corrected chi connectivity index (χ1v) is 13.3. The smallest absolute Gasteiger partial charge is 0.328 e. The number of cyclic esters (lactones) is 1. The predicted octanol–water partition coefficient (Wildman–Crippen LogP) is 4.70. The normalized spacial score (nSPS) is 27.1. The molecule has 0 aliphatic carbocycles. The number of carbonyl (C=O) groups excluding carboxylic acids is 3. The van der Waals surface area contributed by atoms with Gasteiger partial charge in [-0.2, -0.15) is 0 Å². The molecular weight excluding hydrogens is 434 g/mol. The minimum atomic E-state index is -1.02. The van der Waals surface area contributed by atoms with Crippen LogP contribution >= 0.6 is 0 Å². The van der Waals surface area contributed by atoms with Crippen LogP contribution in [0.2, 0.25) is 0 Å². The fourth-order valence-corrected chi connectivity index (χ4v) is 5.05. The molecule has 7 nitrogen and oxygen atoms in total. The maximum Gasteiger partial charge on any atom is 0.328 e. The summed E-state index contributed by atoms with van der Waals surface area (Å²) < 4.78 is 10.4. The first-order chi connectivity index (χ1) is 16.3. The summed E-state index contributed by atoms with van der Waals surface area (Å²) in [6, 6.07) is -0.699. The topological polar surface area (TPSA) is 93.1 Å². The van der Waals surface area contributed by atoms with Gasteiger partial charge >= 0.3 is 11.9 Å². The Bertz CT molecular complexity index is 693. The van der Waals surface area contributed by atoms with Gasteiger partial charge in [0, 0.05) is 13.0 Å². The zero-order valence-corrected chi connectivity index (χ0v) is 21.4. The highest BCUT2D eigenvalue weighted by Crippen LogP contribution is 2.37. The molecule has 7 heteroatoms. The Hall–Kier alpha value is -1.89. The fourth-order valence-electron chi connectivity index (χ4n) is 5.05. The second-order valence-corrected chi connectivity index (χ2v) is 10.0. The monoisotopic (exact) mass is 479 g/mol. The van der Waals surface area contributed by atoms with Gasteiger partial charge in [0.25, 0.3) is 0 Å². The van der Waals surface area contributed by atoms with Crippen molar-refractivity contribution < 1.29 is 29.0 Å². The van der Waals surface area contributed by atoms with E-state index >= 15 is 0 Å². The number of unbranched alkanes of at least 4 members (excludes halogenated alkanes) is 9. The van der Waals surface area contributed by atoms with Gasteiger partial charge in [-0.3, -0.25) is 9.59 Å². The predicted molar refractivity (Wildman–Crippen MR) is 131 cm³/mol. The van der Waals surface area contributed by atoms with E-state index in [9.17, 15) is 19.5 Å². The molecule has 0 aromatic carbocycles. The lowest BCUT2D eigenvalue weighted by molar-refractivity contribution is -0.153. The van der Waals surface area contributed by atoms with Crippen LogP contribution in [0.1, 0.15) is 104 Å². The van der Waals surface area contributed by atoms with Gasteiger partial charge in [-0.25, -0.2) is 4.79 Å². The van der Waals surface area contributed by atoms with Crippen LogP contribution in [-0.2, 0) is 23.9 Å². The van der Waals surface area contributed by atoms with Gasteiger partial charge in [-0.05, 0) is 45.4 Å². The number of hydrogen-bond acceptors (Lipinski definition) is 6. The van der Waals surface area contributed by atoms with E-state index in [0.29, 0.717) is 12.8 Å². The minimum Gasteiger partial charge on any atom is -0.467 e. The van der Waals surface area contributed by atoms with Crippen LogP contribution in [0, 0.1) is 5.92 Å². The van der Waals surface area contributed by atoms with Crippen LogP contribution in [0.5, 0.6) is 0 Å². The Labute approximate surface area is 205 Å². The summed E-state index contributed by atoms with van der Waals surface area (Å²) in [6.45, 7) is 3.98. The van der Waals surface area contributed by atoms with Crippen molar-refractivity contribution in [2.24, 2.45) is 5.92 Å². The molecule has 194 valence electrons. The first kappa shape index (κ1) is 28.3. The van der Waals surface area contributed by atoms with Gasteiger partial charge in [-0.1, -0.05) is 64.0 Å². The SMILES string of the molecule is CCCCCCCCCC/C=C/CCC[C@@]1(C)OC(=O)[C@H](CN2C(=O)CCC2C(=O)OC)[C@@H]1O. The van der Waals surface area contributed by atoms with Gasteiger partial charge in [0.15, 0.2) is 0 Å². The molecule has 0 spiro atoms. The van der Waals surface area contributed by atoms with E-state index in [2.05, 4.69) is 19.1 Å². The average Bonchev–Trinajstić information content (AvgIpc) is 3.28. The van der Waals surface area contributed by atoms with Crippen molar-refractivity contribution in [2.45, 2.75) is 121 Å². The molecule has 2 aliphatic heterocycles. The van der Waals surface area contributed by atoms with E-state index in [-0.39, 0.29) is 18.9 Å². The van der Waals surface area contributed by atoms with Crippen molar-refractivity contribution in [3.05, 3.63) is 12.2 Å². The standard InChI is InChI=1S/C27H45NO6/c1-4-5-6-7-8-9-10-11-12-13-14-15-16-19-27(2)24(30)21(25(31)34-27)20-28-22(26(32)33-3)17-18-23(28)29/h13-14,21-22,24,30H,4-12,15-20H2,1-3H3/b14-13+/t21-,22?,24+,27-/m1/s1. The third kappa shape index (κ3) is 8.10. The Morgan fingerprint density at radius 2 is 1.71 bits per heavy atom. The summed E-state index contributed by atoms with van der Waals surface area (Å²) in [5.74, 6) is -2.06. The molecule has 1 N–H and O–H groups in total. The second kappa shape index (κ2) is 14.5. The molecule has 0 radical (unpaired) electrons. The zero-order valence-electron chi connectivity index (χ0n) is 21.4. The molecule has 2 saturated heterocycles. The van der Waals surface area contributed by atoms with Crippen molar-refractivity contribution in [1.82, 2.24) is 4.90 Å². The molecular formula is C27H45NO6. The number of aliphatic hydroxyl groups excluding tert-OH is 1. The van der Waals surface area contributed by atoms with E-state index in [4.69, 9.17) is 9.47 Å². The Morgan fingerprint density at radius 1 is 1.09 bits per heavy atom. The van der Waals surface area contributed by atoms with E-state index < -0.39 is 35.6 Å². The summed E-state index contributed by atoms with van der Waals surface area (Å²) >= 11 is 0. The van der Waals surface area contributed by atoms with Gasteiger partial charge < -0.3 is 19.5 Å². The molecule has 0 aromatic rings. The first-order valence-electron chi connectivity index (χ1n) is 13.3. The van der Waals surface area contributed by atoms with E-state index in [1.54, 1.807) is 6.92 Å². The lowest BCUT2D eigenvalue weighted by atomic mass is 9.87. The summed E-state index contributed by atoms with van der Waals surface area (Å²) in [5, 5.41) is 10.9. The van der Waals surface area contributed by atoms with Crippen LogP contribution in [0.4, 0.5) is 0 Å². The number of likely N-dealkylation sites (tertiary alicyclic amines) is 1. The number of amides is 1. The summed E-state index contributed by atoms with van der Waals surface area (Å²) in [4.78, 5) is 38.1. The van der Waals surface area contributed by atoms with Gasteiger partial charge in [0.05, 0.1) is 7.11 Å². The van der Waals surface area contributed by atoms with Gasteiger partial charge in [0.1, 0.15) is 23.7 Å². The highest BCUT2D eigenvalue weighted by Gasteiger charge is 2.53. The molecule has 0 aromatic heterocycles. The van der Waals surface area contributed by atoms with Crippen molar-refractivity contribution in [3.8, 4) is 0 Å². The van der Waals surface area contributed by atoms with Crippen LogP contribution in [0.25, 0.3) is 0 Å². The lowest BCUT2D eigenvalue weighted by Crippen LogP contribution is -2.47. The number of esters is 2. The molecule has 34 heavy (non-hydrogen) atoms. The number of aliphatic hydroxyl groups is 1. The number of methoxy groups -OCH3 is 1. The van der Waals surface area contributed by atoms with Crippen LogP contribution in [0.3, 0.4) is 0 Å². The third-order valence-electron chi connectivity index (χ3n) is 7.27. The minimum absolute atomic E-state index is 0.0211. The average molecular weight is 480 g/mol. The van der Waals surface area contributed by atoms with Crippen LogP contribution < -0.4 is 0 Å². The summed E-state index contributed by atoms with van der Waals surface area (Å²) in [5.41, 5.74) is -0.975. The lowest BCUT2D eigenvalue weighted by Gasteiger charge is -2.29. The molecule has 2 fully saturated rings. The Kier molecular flexibility index (Phi) is 12.1. The number of allylic oxidation sites excluding steroid dienone is 2. The fraction of sp³-hybridized carbons (Fsp3) is 0.815. The molecule has 2 rings (SSSR count). The Balaban J connectivity index is 1.68. The highest BCUT2D eigenvalue weighted by atomic mass is 16.6. The largest absolute Gasteiger partial charge is 0.467 e. The number of rotatable bonds is 16. The number of carbonyl (C=O) groups is 3. The molecule has 0 bridgehead atoms. The Morgan fingerprint density at radius 3 is 2.35 bits per heavy atom. The van der Waals surface area contributed by atoms with E-state index in [1.807, 2.05) is 0 Å². The van der Waals surface area contributed by atoms with Crippen LogP contribution in [-0.4, -0.2) is 59.3 Å². The van der Waals surface area contributed by atoms with Gasteiger partial charge in [-0.15, -0.1) is 0 Å². The van der Waals surface area contributed by atoms with Crippen molar-refractivity contribution in [3.63, 3.8) is 0 Å². The van der Waals surface area contributed by atoms with E-state index in [1.165, 1.54) is 63.4 Å². The van der Waals surface area contributed by atoms with Crippen molar-refractivity contribution in [1.29, 1.82) is 0 Å². The summed E-state index contributed by atoms with van der Waals surface area (Å²) in [7, 11) is 1.28. The molecule has 0 saturated carbocycles. The highest BCUT2D eigenvalue weighted by molar-refractivity contribution is 5.88.